The van der Waals surface area contributed by atoms with Gasteiger partial charge in [0.15, 0.2) is 5.69 Å². The number of alkyl halides is 3. The molecule has 0 aliphatic heterocycles. The van der Waals surface area contributed by atoms with Crippen LogP contribution in [0.4, 0.5) is 18.9 Å². The predicted molar refractivity (Wildman–Crippen MR) is 40.9 cm³/mol. The van der Waals surface area contributed by atoms with E-state index >= 15 is 0 Å². The third-order valence-corrected chi connectivity index (χ3v) is 1.47. The minimum atomic E-state index is -4.74. The number of hydrogen-bond donors (Lipinski definition) is 0. The number of aromatic nitrogens is 1. The lowest BCUT2D eigenvalue weighted by molar-refractivity contribution is -0.385. The summed E-state index contributed by atoms with van der Waals surface area (Å²) >= 11 is 5.18. The van der Waals surface area contributed by atoms with E-state index in [1.807, 2.05) is 0 Å². The fourth-order valence-corrected chi connectivity index (χ4v) is 0.937. The standard InChI is InChI=1S/C6H2ClF3N2O2/c7-5-2-3(12(13)14)1-4(11-5)6(8,9)10/h1-2H. The monoisotopic (exact) mass is 226 g/mol. The summed E-state index contributed by atoms with van der Waals surface area (Å²) in [6, 6.07) is 1.07. The van der Waals surface area contributed by atoms with E-state index in [4.69, 9.17) is 11.6 Å². The van der Waals surface area contributed by atoms with Crippen molar-refractivity contribution in [2.24, 2.45) is 0 Å². The van der Waals surface area contributed by atoms with Crippen molar-refractivity contribution in [2.75, 3.05) is 0 Å². The van der Waals surface area contributed by atoms with Crippen LogP contribution in [0.5, 0.6) is 0 Å². The van der Waals surface area contributed by atoms with E-state index < -0.39 is 27.6 Å². The smallest absolute Gasteiger partial charge is 0.258 e. The lowest BCUT2D eigenvalue weighted by Crippen LogP contribution is -2.08. The van der Waals surface area contributed by atoms with Crippen molar-refractivity contribution < 1.29 is 18.1 Å². The maximum Gasteiger partial charge on any atom is 0.433 e. The summed E-state index contributed by atoms with van der Waals surface area (Å²) in [5.74, 6) is 0. The molecule has 0 aliphatic carbocycles. The minimum absolute atomic E-state index is 0.325. The molecule has 0 amide bonds. The first-order chi connectivity index (χ1) is 6.30. The molecule has 1 aromatic heterocycles. The molecule has 0 atom stereocenters. The summed E-state index contributed by atoms with van der Waals surface area (Å²) in [5, 5.41) is 9.62. The fourth-order valence-electron chi connectivity index (χ4n) is 0.734. The van der Waals surface area contributed by atoms with Gasteiger partial charge >= 0.3 is 6.18 Å². The van der Waals surface area contributed by atoms with Crippen molar-refractivity contribution in [3.05, 3.63) is 33.1 Å². The first kappa shape index (κ1) is 10.7. The molecule has 0 bridgehead atoms. The van der Waals surface area contributed by atoms with Crippen LogP contribution in [-0.4, -0.2) is 9.91 Å². The van der Waals surface area contributed by atoms with E-state index in [0.29, 0.717) is 6.07 Å². The molecule has 8 heteroatoms. The van der Waals surface area contributed by atoms with Gasteiger partial charge in [0.2, 0.25) is 0 Å². The molecule has 0 saturated carbocycles. The van der Waals surface area contributed by atoms with Crippen LogP contribution in [0.25, 0.3) is 0 Å². The number of rotatable bonds is 1. The molecule has 0 aliphatic rings. The van der Waals surface area contributed by atoms with Gasteiger partial charge < -0.3 is 0 Å². The van der Waals surface area contributed by atoms with E-state index in [9.17, 15) is 23.3 Å². The molecule has 1 rings (SSSR count). The Morgan fingerprint density at radius 2 is 2.00 bits per heavy atom. The second-order valence-electron chi connectivity index (χ2n) is 2.29. The van der Waals surface area contributed by atoms with Crippen LogP contribution >= 0.6 is 11.6 Å². The van der Waals surface area contributed by atoms with Gasteiger partial charge in [-0.05, 0) is 0 Å². The van der Waals surface area contributed by atoms with Crippen LogP contribution in [0.15, 0.2) is 12.1 Å². The second-order valence-corrected chi connectivity index (χ2v) is 2.68. The highest BCUT2D eigenvalue weighted by atomic mass is 35.5. The Balaban J connectivity index is 3.28. The molecule has 1 aromatic rings. The zero-order valence-electron chi connectivity index (χ0n) is 6.38. The van der Waals surface area contributed by atoms with E-state index in [-0.39, 0.29) is 0 Å². The van der Waals surface area contributed by atoms with E-state index in [2.05, 4.69) is 4.98 Å². The Morgan fingerprint density at radius 1 is 1.43 bits per heavy atom. The Bertz CT molecular complexity index is 380. The highest BCUT2D eigenvalue weighted by molar-refractivity contribution is 6.29. The number of halogens is 4. The van der Waals surface area contributed by atoms with Crippen LogP contribution in [-0.2, 0) is 6.18 Å². The van der Waals surface area contributed by atoms with Gasteiger partial charge in [-0.2, -0.15) is 13.2 Å². The molecule has 0 fully saturated rings. The van der Waals surface area contributed by atoms with Crippen molar-refractivity contribution >= 4 is 17.3 Å². The highest BCUT2D eigenvalue weighted by Crippen LogP contribution is 2.31. The summed E-state index contributed by atoms with van der Waals surface area (Å²) in [5.41, 5.74) is -2.12. The Hall–Kier alpha value is -1.37. The van der Waals surface area contributed by atoms with Gasteiger partial charge in [0.25, 0.3) is 5.69 Å². The minimum Gasteiger partial charge on any atom is -0.258 e. The molecule has 4 nitrogen and oxygen atoms in total. The zero-order chi connectivity index (χ0) is 10.9. The third-order valence-electron chi connectivity index (χ3n) is 1.28. The topological polar surface area (TPSA) is 56.0 Å². The summed E-state index contributed by atoms with van der Waals surface area (Å²) in [4.78, 5) is 12.1. The summed E-state index contributed by atoms with van der Waals surface area (Å²) in [6.07, 6.45) is -4.74. The maximum atomic E-state index is 12.1. The van der Waals surface area contributed by atoms with E-state index in [1.165, 1.54) is 0 Å². The largest absolute Gasteiger partial charge is 0.433 e. The molecule has 0 unspecified atom stereocenters. The highest BCUT2D eigenvalue weighted by Gasteiger charge is 2.34. The molecule has 0 N–H and O–H groups in total. The molecular weight excluding hydrogens is 225 g/mol. The Kier molecular flexibility index (Phi) is 2.61. The van der Waals surface area contributed by atoms with Gasteiger partial charge in [-0.15, -0.1) is 0 Å². The Morgan fingerprint density at radius 3 is 2.43 bits per heavy atom. The van der Waals surface area contributed by atoms with Gasteiger partial charge in [0.1, 0.15) is 5.15 Å². The third kappa shape index (κ3) is 2.32. The van der Waals surface area contributed by atoms with Crippen LogP contribution in [0.3, 0.4) is 0 Å². The number of hydrogen-bond acceptors (Lipinski definition) is 3. The van der Waals surface area contributed by atoms with E-state index in [0.717, 1.165) is 6.07 Å². The van der Waals surface area contributed by atoms with Gasteiger partial charge in [-0.25, -0.2) is 4.98 Å². The summed E-state index contributed by atoms with van der Waals surface area (Å²) in [6.45, 7) is 0. The van der Waals surface area contributed by atoms with Crippen LogP contribution in [0.1, 0.15) is 5.69 Å². The quantitative estimate of drug-likeness (QED) is 0.420. The molecule has 76 valence electrons. The first-order valence-electron chi connectivity index (χ1n) is 3.20. The number of pyridine rings is 1. The predicted octanol–water partition coefficient (Wildman–Crippen LogP) is 2.66. The molecule has 0 saturated heterocycles. The summed E-state index contributed by atoms with van der Waals surface area (Å²) < 4.78 is 36.2. The van der Waals surface area contributed by atoms with Crippen LogP contribution in [0, 0.1) is 10.1 Å². The van der Waals surface area contributed by atoms with Crippen LogP contribution in [0.2, 0.25) is 5.15 Å². The molecule has 14 heavy (non-hydrogen) atoms. The van der Waals surface area contributed by atoms with Gasteiger partial charge in [0, 0.05) is 6.07 Å². The lowest BCUT2D eigenvalue weighted by atomic mass is 10.3. The Labute approximate surface area is 80.5 Å². The first-order valence-corrected chi connectivity index (χ1v) is 3.57. The van der Waals surface area contributed by atoms with Crippen molar-refractivity contribution in [3.8, 4) is 0 Å². The van der Waals surface area contributed by atoms with Crippen molar-refractivity contribution in [3.63, 3.8) is 0 Å². The molecular formula is C6H2ClF3N2O2. The van der Waals surface area contributed by atoms with Gasteiger partial charge in [-0.3, -0.25) is 10.1 Å². The second kappa shape index (κ2) is 3.41. The van der Waals surface area contributed by atoms with Gasteiger partial charge in [0.05, 0.1) is 11.0 Å². The zero-order valence-corrected chi connectivity index (χ0v) is 7.13. The fraction of sp³-hybridized carbons (Fsp3) is 0.167. The SMILES string of the molecule is O=[N+]([O-])c1cc(Cl)nc(C(F)(F)F)c1. The van der Waals surface area contributed by atoms with E-state index in [1.54, 1.807) is 0 Å². The number of nitrogens with zero attached hydrogens (tertiary/aromatic N) is 2. The lowest BCUT2D eigenvalue weighted by Gasteiger charge is -2.04. The normalized spacial score (nSPS) is 11.4. The molecule has 0 radical (unpaired) electrons. The van der Waals surface area contributed by atoms with Crippen molar-refractivity contribution in [1.82, 2.24) is 4.98 Å². The van der Waals surface area contributed by atoms with Crippen molar-refractivity contribution in [1.29, 1.82) is 0 Å². The molecule has 0 aromatic carbocycles. The summed E-state index contributed by atoms with van der Waals surface area (Å²) in [7, 11) is 0. The maximum absolute atomic E-state index is 12.1. The van der Waals surface area contributed by atoms with Gasteiger partial charge in [-0.1, -0.05) is 11.6 Å². The average Bonchev–Trinajstić information content (AvgIpc) is 2.01. The van der Waals surface area contributed by atoms with Crippen molar-refractivity contribution in [2.45, 2.75) is 6.18 Å². The molecule has 0 spiro atoms. The van der Waals surface area contributed by atoms with Crippen LogP contribution < -0.4 is 0 Å². The average molecular weight is 227 g/mol. The molecule has 1 heterocycles. The number of nitro groups is 1.